The van der Waals surface area contributed by atoms with Crippen molar-refractivity contribution in [1.29, 1.82) is 0 Å². The normalized spacial score (nSPS) is 27.7. The van der Waals surface area contributed by atoms with Gasteiger partial charge < -0.3 is 10.2 Å². The molecule has 2 nitrogen and oxygen atoms in total. The molecule has 1 aliphatic heterocycles. The summed E-state index contributed by atoms with van der Waals surface area (Å²) in [5, 5.41) is 3.71. The quantitative estimate of drug-likeness (QED) is 0.748. The van der Waals surface area contributed by atoms with E-state index in [-0.39, 0.29) is 0 Å². The molecule has 1 saturated heterocycles. The van der Waals surface area contributed by atoms with E-state index in [0.29, 0.717) is 0 Å². The molecule has 0 aromatic heterocycles. The topological polar surface area (TPSA) is 15.3 Å². The summed E-state index contributed by atoms with van der Waals surface area (Å²) in [7, 11) is 0. The van der Waals surface area contributed by atoms with Crippen molar-refractivity contribution in [2.75, 3.05) is 19.6 Å². The lowest BCUT2D eigenvalue weighted by molar-refractivity contribution is 0.0791. The Kier molecular flexibility index (Phi) is 7.25. The maximum absolute atomic E-state index is 3.71. The van der Waals surface area contributed by atoms with Crippen molar-refractivity contribution in [2.24, 2.45) is 11.8 Å². The molecular weight excluding hydrogens is 220 g/mol. The highest BCUT2D eigenvalue weighted by Gasteiger charge is 2.30. The molecule has 0 amide bonds. The van der Waals surface area contributed by atoms with Crippen LogP contribution in [0.2, 0.25) is 0 Å². The van der Waals surface area contributed by atoms with Crippen molar-refractivity contribution in [3.63, 3.8) is 0 Å². The van der Waals surface area contributed by atoms with Gasteiger partial charge in [0.2, 0.25) is 0 Å². The van der Waals surface area contributed by atoms with Gasteiger partial charge >= 0.3 is 0 Å². The monoisotopic (exact) mass is 254 g/mol. The van der Waals surface area contributed by atoms with Crippen LogP contribution in [0.4, 0.5) is 0 Å². The molecule has 3 atom stereocenters. The summed E-state index contributed by atoms with van der Waals surface area (Å²) in [5.41, 5.74) is 0. The first kappa shape index (κ1) is 16.0. The summed E-state index contributed by atoms with van der Waals surface area (Å²) in [6.45, 7) is 15.5. The Morgan fingerprint density at radius 3 is 2.39 bits per heavy atom. The number of nitrogens with zero attached hydrogens (tertiary/aromatic N) is 1. The molecule has 0 aromatic rings. The Morgan fingerprint density at radius 1 is 1.22 bits per heavy atom. The van der Waals surface area contributed by atoms with Crippen LogP contribution in [-0.2, 0) is 0 Å². The van der Waals surface area contributed by atoms with Crippen LogP contribution in [0.3, 0.4) is 0 Å². The molecule has 1 N–H and O–H groups in total. The Labute approximate surface area is 115 Å². The highest BCUT2D eigenvalue weighted by atomic mass is 15.2. The smallest absolute Gasteiger partial charge is 0.0117 e. The van der Waals surface area contributed by atoms with E-state index >= 15 is 0 Å². The molecule has 0 saturated carbocycles. The molecule has 3 unspecified atom stereocenters. The average Bonchev–Trinajstić information content (AvgIpc) is 2.38. The summed E-state index contributed by atoms with van der Waals surface area (Å²) >= 11 is 0. The Hall–Kier alpha value is -0.0800. The maximum atomic E-state index is 3.71. The SMILES string of the molecule is CCCNC1CCN(C(C)C(CC)CC)CC1C. The van der Waals surface area contributed by atoms with Crippen LogP contribution >= 0.6 is 0 Å². The second-order valence-electron chi connectivity index (χ2n) is 6.14. The molecular formula is C16H34N2. The molecule has 18 heavy (non-hydrogen) atoms. The lowest BCUT2D eigenvalue weighted by atomic mass is 9.88. The van der Waals surface area contributed by atoms with Gasteiger partial charge in [-0.3, -0.25) is 0 Å². The lowest BCUT2D eigenvalue weighted by Gasteiger charge is -2.42. The molecule has 1 rings (SSSR count). The molecule has 0 radical (unpaired) electrons. The van der Waals surface area contributed by atoms with Gasteiger partial charge in [0.15, 0.2) is 0 Å². The van der Waals surface area contributed by atoms with Crippen LogP contribution in [0.15, 0.2) is 0 Å². The molecule has 0 aliphatic carbocycles. The summed E-state index contributed by atoms with van der Waals surface area (Å²) < 4.78 is 0. The molecule has 2 heteroatoms. The van der Waals surface area contributed by atoms with E-state index < -0.39 is 0 Å². The van der Waals surface area contributed by atoms with E-state index in [1.54, 1.807) is 0 Å². The summed E-state index contributed by atoms with van der Waals surface area (Å²) in [6.07, 6.45) is 5.21. The minimum absolute atomic E-state index is 0.745. The summed E-state index contributed by atoms with van der Waals surface area (Å²) in [6, 6.07) is 1.50. The van der Waals surface area contributed by atoms with Crippen molar-refractivity contribution in [3.8, 4) is 0 Å². The van der Waals surface area contributed by atoms with Crippen LogP contribution in [0, 0.1) is 11.8 Å². The van der Waals surface area contributed by atoms with Gasteiger partial charge in [-0.05, 0) is 44.7 Å². The highest BCUT2D eigenvalue weighted by Crippen LogP contribution is 2.24. The molecule has 1 heterocycles. The Morgan fingerprint density at radius 2 is 1.89 bits per heavy atom. The van der Waals surface area contributed by atoms with Gasteiger partial charge in [0, 0.05) is 18.6 Å². The maximum Gasteiger partial charge on any atom is 0.0117 e. The zero-order valence-corrected chi connectivity index (χ0v) is 13.2. The van der Waals surface area contributed by atoms with Gasteiger partial charge in [-0.25, -0.2) is 0 Å². The number of piperidine rings is 1. The van der Waals surface area contributed by atoms with Gasteiger partial charge in [0.1, 0.15) is 0 Å². The van der Waals surface area contributed by atoms with Crippen molar-refractivity contribution in [3.05, 3.63) is 0 Å². The first-order valence-electron chi connectivity index (χ1n) is 8.11. The molecule has 0 spiro atoms. The first-order chi connectivity index (χ1) is 8.63. The van der Waals surface area contributed by atoms with Gasteiger partial charge in [-0.2, -0.15) is 0 Å². The Bertz CT molecular complexity index is 213. The van der Waals surface area contributed by atoms with Gasteiger partial charge in [0.05, 0.1) is 0 Å². The summed E-state index contributed by atoms with van der Waals surface area (Å²) in [4.78, 5) is 2.73. The second kappa shape index (κ2) is 8.16. The predicted octanol–water partition coefficient (Wildman–Crippen LogP) is 3.52. The fourth-order valence-electron chi connectivity index (χ4n) is 3.45. The van der Waals surface area contributed by atoms with Gasteiger partial charge in [-0.1, -0.05) is 40.5 Å². The van der Waals surface area contributed by atoms with Crippen molar-refractivity contribution in [2.45, 2.75) is 72.4 Å². The third-order valence-corrected chi connectivity index (χ3v) is 4.90. The van der Waals surface area contributed by atoms with Crippen LogP contribution < -0.4 is 5.32 Å². The number of hydrogen-bond donors (Lipinski definition) is 1. The zero-order chi connectivity index (χ0) is 13.5. The number of rotatable bonds is 7. The molecule has 1 fully saturated rings. The van der Waals surface area contributed by atoms with Crippen LogP contribution in [0.25, 0.3) is 0 Å². The molecule has 108 valence electrons. The summed E-state index contributed by atoms with van der Waals surface area (Å²) in [5.74, 6) is 1.67. The molecule has 0 bridgehead atoms. The van der Waals surface area contributed by atoms with Crippen LogP contribution in [0.1, 0.15) is 60.3 Å². The third kappa shape index (κ3) is 4.24. The van der Waals surface area contributed by atoms with Gasteiger partial charge in [-0.15, -0.1) is 0 Å². The number of likely N-dealkylation sites (tertiary alicyclic amines) is 1. The standard InChI is InChI=1S/C16H34N2/c1-6-10-17-16-9-11-18(12-13(16)4)14(5)15(7-2)8-3/h13-17H,6-12H2,1-5H3. The van der Waals surface area contributed by atoms with E-state index in [2.05, 4.69) is 44.8 Å². The van der Waals surface area contributed by atoms with Crippen molar-refractivity contribution < 1.29 is 0 Å². The number of hydrogen-bond acceptors (Lipinski definition) is 2. The third-order valence-electron chi connectivity index (χ3n) is 4.90. The largest absolute Gasteiger partial charge is 0.314 e. The molecule has 1 aliphatic rings. The van der Waals surface area contributed by atoms with E-state index in [4.69, 9.17) is 0 Å². The average molecular weight is 254 g/mol. The van der Waals surface area contributed by atoms with Crippen molar-refractivity contribution in [1.82, 2.24) is 10.2 Å². The van der Waals surface area contributed by atoms with Crippen LogP contribution in [0.5, 0.6) is 0 Å². The number of nitrogens with one attached hydrogen (secondary N) is 1. The van der Waals surface area contributed by atoms with E-state index in [0.717, 1.165) is 23.9 Å². The van der Waals surface area contributed by atoms with Crippen LogP contribution in [-0.4, -0.2) is 36.6 Å². The minimum atomic E-state index is 0.745. The second-order valence-corrected chi connectivity index (χ2v) is 6.14. The van der Waals surface area contributed by atoms with E-state index in [1.165, 1.54) is 45.3 Å². The minimum Gasteiger partial charge on any atom is -0.314 e. The van der Waals surface area contributed by atoms with E-state index in [1.807, 2.05) is 0 Å². The van der Waals surface area contributed by atoms with Crippen molar-refractivity contribution >= 4 is 0 Å². The van der Waals surface area contributed by atoms with E-state index in [9.17, 15) is 0 Å². The fraction of sp³-hybridized carbons (Fsp3) is 1.00. The highest BCUT2D eigenvalue weighted by molar-refractivity contribution is 4.86. The first-order valence-corrected chi connectivity index (χ1v) is 8.11. The predicted molar refractivity (Wildman–Crippen MR) is 81.0 cm³/mol. The Balaban J connectivity index is 2.44. The lowest BCUT2D eigenvalue weighted by Crippen LogP contribution is -2.52. The van der Waals surface area contributed by atoms with Gasteiger partial charge in [0.25, 0.3) is 0 Å². The zero-order valence-electron chi connectivity index (χ0n) is 13.2. The fourth-order valence-corrected chi connectivity index (χ4v) is 3.45. The molecule has 0 aromatic carbocycles.